The van der Waals surface area contributed by atoms with Gasteiger partial charge in [-0.05, 0) is 38.1 Å². The average molecular weight is 283 g/mol. The second-order valence-electron chi connectivity index (χ2n) is 6.21. The van der Waals surface area contributed by atoms with E-state index in [2.05, 4.69) is 10.4 Å². The number of benzene rings is 1. The molecule has 6 rings (SSSR count). The maximum Gasteiger partial charge on any atom is 0.203 e. The summed E-state index contributed by atoms with van der Waals surface area (Å²) in [5, 5.41) is 1.09. The zero-order valence-corrected chi connectivity index (χ0v) is 11.7. The van der Waals surface area contributed by atoms with Gasteiger partial charge in [0.05, 0.1) is 6.54 Å². The first-order valence-electron chi connectivity index (χ1n) is 7.58. The summed E-state index contributed by atoms with van der Waals surface area (Å²) in [5.41, 5.74) is 3.48. The van der Waals surface area contributed by atoms with Crippen LogP contribution >= 0.6 is 0 Å². The Labute approximate surface area is 122 Å². The number of piperidine rings is 3. The molecule has 1 unspecified atom stereocenters. The van der Waals surface area contributed by atoms with Gasteiger partial charge in [-0.2, -0.15) is 0 Å². The van der Waals surface area contributed by atoms with Gasteiger partial charge in [0.1, 0.15) is 5.58 Å². The summed E-state index contributed by atoms with van der Waals surface area (Å²) in [6.07, 6.45) is 2.33. The number of fused-ring (bicyclic) bond motifs is 3. The quantitative estimate of drug-likeness (QED) is 0.871. The lowest BCUT2D eigenvalue weighted by atomic mass is 9.81. The summed E-state index contributed by atoms with van der Waals surface area (Å²) >= 11 is 0. The highest BCUT2D eigenvalue weighted by Gasteiger charge is 2.51. The molecule has 1 N–H and O–H groups in total. The van der Waals surface area contributed by atoms with Crippen LogP contribution in [0.2, 0.25) is 0 Å². The third-order valence-electron chi connectivity index (χ3n) is 4.96. The topological polar surface area (TPSA) is 50.0 Å². The molecule has 0 amide bonds. The molecule has 5 heterocycles. The van der Waals surface area contributed by atoms with Gasteiger partial charge < -0.3 is 4.42 Å². The molecular formula is C16H17N3O2. The minimum Gasteiger partial charge on any atom is -0.453 e. The number of para-hydroxylation sites is 1. The largest absolute Gasteiger partial charge is 0.453 e. The SMILES string of the molecule is c1ccc2oc(C3=NC4(CN5CCC4CC5)ON3)cc2c1. The highest BCUT2D eigenvalue weighted by atomic mass is 16.7. The lowest BCUT2D eigenvalue weighted by molar-refractivity contribution is -0.155. The van der Waals surface area contributed by atoms with Gasteiger partial charge in [0.15, 0.2) is 11.6 Å². The van der Waals surface area contributed by atoms with Crippen LogP contribution in [0.15, 0.2) is 39.7 Å². The summed E-state index contributed by atoms with van der Waals surface area (Å²) in [6.45, 7) is 3.23. The summed E-state index contributed by atoms with van der Waals surface area (Å²) in [6, 6.07) is 10.0. The molecule has 1 aromatic heterocycles. The number of amidine groups is 1. The van der Waals surface area contributed by atoms with Gasteiger partial charge in [-0.1, -0.05) is 18.2 Å². The molecule has 4 aliphatic heterocycles. The number of aliphatic imine (C=N–C) groups is 1. The molecule has 5 heteroatoms. The lowest BCUT2D eigenvalue weighted by Gasteiger charge is -2.47. The van der Waals surface area contributed by atoms with Crippen molar-refractivity contribution in [3.8, 4) is 0 Å². The molecule has 3 fully saturated rings. The molecule has 0 aliphatic carbocycles. The molecule has 0 radical (unpaired) electrons. The Bertz CT molecular complexity index is 697. The van der Waals surface area contributed by atoms with Crippen LogP contribution in [-0.4, -0.2) is 36.1 Å². The third-order valence-corrected chi connectivity index (χ3v) is 4.96. The first-order chi connectivity index (χ1) is 10.3. The zero-order valence-electron chi connectivity index (χ0n) is 11.7. The van der Waals surface area contributed by atoms with E-state index in [1.165, 1.54) is 25.9 Å². The van der Waals surface area contributed by atoms with Gasteiger partial charge in [-0.15, -0.1) is 0 Å². The van der Waals surface area contributed by atoms with Crippen molar-refractivity contribution in [3.05, 3.63) is 36.1 Å². The smallest absolute Gasteiger partial charge is 0.203 e. The normalized spacial score (nSPS) is 34.4. The molecule has 108 valence electrons. The standard InChI is InChI=1S/C16H17N3O2/c1-2-4-13-11(3-1)9-14(20-13)15-17-16(21-18-15)10-19-7-5-12(16)6-8-19/h1-4,9,12H,5-8,10H2,(H,17,18). The maximum atomic E-state index is 5.92. The number of hydrogen-bond acceptors (Lipinski definition) is 5. The van der Waals surface area contributed by atoms with Crippen molar-refractivity contribution >= 4 is 16.8 Å². The summed E-state index contributed by atoms with van der Waals surface area (Å²) in [4.78, 5) is 13.2. The van der Waals surface area contributed by atoms with E-state index in [0.29, 0.717) is 5.92 Å². The molecular weight excluding hydrogens is 266 g/mol. The number of furan rings is 1. The Morgan fingerprint density at radius 3 is 2.86 bits per heavy atom. The fourth-order valence-electron chi connectivity index (χ4n) is 3.81. The molecule has 21 heavy (non-hydrogen) atoms. The summed E-state index contributed by atoms with van der Waals surface area (Å²) in [5.74, 6) is 1.99. The predicted molar refractivity (Wildman–Crippen MR) is 78.9 cm³/mol. The van der Waals surface area contributed by atoms with Gasteiger partial charge in [0.2, 0.25) is 5.72 Å². The fourth-order valence-corrected chi connectivity index (χ4v) is 3.81. The lowest BCUT2D eigenvalue weighted by Crippen LogP contribution is -2.58. The molecule has 0 saturated carbocycles. The van der Waals surface area contributed by atoms with Gasteiger partial charge in [-0.25, -0.2) is 15.3 Å². The molecule has 1 atom stereocenters. The first-order valence-corrected chi connectivity index (χ1v) is 7.58. The van der Waals surface area contributed by atoms with Gasteiger partial charge in [0.25, 0.3) is 0 Å². The molecule has 1 aromatic carbocycles. The fraction of sp³-hybridized carbons (Fsp3) is 0.438. The van der Waals surface area contributed by atoms with Crippen molar-refractivity contribution in [1.29, 1.82) is 0 Å². The van der Waals surface area contributed by atoms with Crippen molar-refractivity contribution < 1.29 is 9.25 Å². The van der Waals surface area contributed by atoms with Crippen LogP contribution in [0, 0.1) is 5.92 Å². The van der Waals surface area contributed by atoms with Crippen molar-refractivity contribution in [2.24, 2.45) is 10.9 Å². The Balaban J connectivity index is 1.54. The van der Waals surface area contributed by atoms with Crippen LogP contribution in [0.25, 0.3) is 11.0 Å². The Morgan fingerprint density at radius 1 is 1.24 bits per heavy atom. The summed E-state index contributed by atoms with van der Waals surface area (Å²) < 4.78 is 5.88. The number of nitrogens with zero attached hydrogens (tertiary/aromatic N) is 2. The summed E-state index contributed by atoms with van der Waals surface area (Å²) in [7, 11) is 0. The first kappa shape index (κ1) is 11.8. The third kappa shape index (κ3) is 1.68. The van der Waals surface area contributed by atoms with E-state index in [-0.39, 0.29) is 0 Å². The molecule has 5 nitrogen and oxygen atoms in total. The molecule has 1 spiro atoms. The second-order valence-corrected chi connectivity index (χ2v) is 6.21. The van der Waals surface area contributed by atoms with E-state index in [1.54, 1.807) is 0 Å². The number of rotatable bonds is 1. The van der Waals surface area contributed by atoms with E-state index < -0.39 is 5.72 Å². The molecule has 3 saturated heterocycles. The van der Waals surface area contributed by atoms with Gasteiger partial charge in [0, 0.05) is 11.3 Å². The number of nitrogens with one attached hydrogen (secondary N) is 1. The van der Waals surface area contributed by atoms with Crippen LogP contribution < -0.4 is 5.48 Å². The average Bonchev–Trinajstić information content (AvgIpc) is 3.13. The Kier molecular flexibility index (Phi) is 2.29. The Morgan fingerprint density at radius 2 is 2.10 bits per heavy atom. The van der Waals surface area contributed by atoms with Crippen LogP contribution in [0.3, 0.4) is 0 Å². The number of hydrogen-bond donors (Lipinski definition) is 1. The van der Waals surface area contributed by atoms with Crippen LogP contribution in [-0.2, 0) is 4.84 Å². The molecule has 2 aromatic rings. The van der Waals surface area contributed by atoms with Crippen molar-refractivity contribution in [2.75, 3.05) is 19.6 Å². The van der Waals surface area contributed by atoms with Crippen molar-refractivity contribution in [2.45, 2.75) is 18.6 Å². The van der Waals surface area contributed by atoms with Crippen molar-refractivity contribution in [1.82, 2.24) is 10.4 Å². The molecule has 2 bridgehead atoms. The molecule has 4 aliphatic rings. The minimum atomic E-state index is -0.412. The predicted octanol–water partition coefficient (Wildman–Crippen LogP) is 2.14. The zero-order chi connectivity index (χ0) is 13.9. The van der Waals surface area contributed by atoms with E-state index in [1.807, 2.05) is 30.3 Å². The van der Waals surface area contributed by atoms with Crippen LogP contribution in [0.5, 0.6) is 0 Å². The maximum absolute atomic E-state index is 5.92. The Hall–Kier alpha value is -1.85. The monoisotopic (exact) mass is 283 g/mol. The van der Waals surface area contributed by atoms with E-state index in [9.17, 15) is 0 Å². The van der Waals surface area contributed by atoms with Gasteiger partial charge in [-0.3, -0.25) is 4.90 Å². The van der Waals surface area contributed by atoms with E-state index >= 15 is 0 Å². The second kappa shape index (κ2) is 4.08. The van der Waals surface area contributed by atoms with Crippen LogP contribution in [0.1, 0.15) is 18.6 Å². The van der Waals surface area contributed by atoms with E-state index in [0.717, 1.165) is 29.1 Å². The highest BCUT2D eigenvalue weighted by Crippen LogP contribution is 2.41. The van der Waals surface area contributed by atoms with Crippen LogP contribution in [0.4, 0.5) is 0 Å². The van der Waals surface area contributed by atoms with E-state index in [4.69, 9.17) is 14.2 Å². The van der Waals surface area contributed by atoms with Gasteiger partial charge >= 0.3 is 0 Å². The number of hydroxylamine groups is 1. The minimum absolute atomic E-state index is 0.412. The van der Waals surface area contributed by atoms with Crippen molar-refractivity contribution in [3.63, 3.8) is 0 Å². The highest BCUT2D eigenvalue weighted by molar-refractivity contribution is 6.00.